The van der Waals surface area contributed by atoms with Gasteiger partial charge in [0, 0.05) is 25.0 Å². The lowest BCUT2D eigenvalue weighted by molar-refractivity contribution is 0.103. The van der Waals surface area contributed by atoms with Crippen LogP contribution in [0.1, 0.15) is 16.1 Å². The van der Waals surface area contributed by atoms with Crippen LogP contribution in [0.4, 0.5) is 0 Å². The van der Waals surface area contributed by atoms with E-state index in [4.69, 9.17) is 0 Å². The molecule has 0 amide bonds. The van der Waals surface area contributed by atoms with Gasteiger partial charge in [0.25, 0.3) is 0 Å². The molecule has 0 atom stereocenters. The maximum absolute atomic E-state index is 11.8. The Bertz CT molecular complexity index is 449. The molecule has 2 rings (SSSR count). The third-order valence-electron chi connectivity index (χ3n) is 1.87. The molecule has 5 heteroatoms. The van der Waals surface area contributed by atoms with Gasteiger partial charge in [-0.15, -0.1) is 5.10 Å². The van der Waals surface area contributed by atoms with E-state index in [0.29, 0.717) is 11.3 Å². The largest absolute Gasteiger partial charge is 0.287 e. The zero-order chi connectivity index (χ0) is 9.97. The summed E-state index contributed by atoms with van der Waals surface area (Å²) in [5, 5.41) is 7.33. The molecule has 0 aliphatic heterocycles. The fourth-order valence-corrected chi connectivity index (χ4v) is 1.14. The van der Waals surface area contributed by atoms with Gasteiger partial charge in [0.15, 0.2) is 0 Å². The molecule has 0 aliphatic rings. The number of pyridine rings is 1. The number of carbonyl (C=O) groups is 1. The average molecular weight is 188 g/mol. The molecule has 0 fully saturated rings. The predicted octanol–water partition coefficient (Wildman–Crippen LogP) is 0.441. The van der Waals surface area contributed by atoms with Crippen LogP contribution < -0.4 is 0 Å². The lowest BCUT2D eigenvalue weighted by Gasteiger charge is -1.98. The highest BCUT2D eigenvalue weighted by atomic mass is 16.1. The monoisotopic (exact) mass is 188 g/mol. The highest BCUT2D eigenvalue weighted by Gasteiger charge is 2.12. The van der Waals surface area contributed by atoms with Gasteiger partial charge in [-0.2, -0.15) is 0 Å². The second-order valence-corrected chi connectivity index (χ2v) is 2.81. The summed E-state index contributed by atoms with van der Waals surface area (Å²) in [6, 6.07) is 3.43. The van der Waals surface area contributed by atoms with Crippen molar-refractivity contribution in [2.75, 3.05) is 0 Å². The minimum absolute atomic E-state index is 0.120. The Labute approximate surface area is 80.4 Å². The van der Waals surface area contributed by atoms with Gasteiger partial charge in [0.1, 0.15) is 5.69 Å². The van der Waals surface area contributed by atoms with E-state index in [9.17, 15) is 4.79 Å². The highest BCUT2D eigenvalue weighted by Crippen LogP contribution is 2.05. The number of aryl methyl sites for hydroxylation is 1. The van der Waals surface area contributed by atoms with Crippen molar-refractivity contribution in [3.8, 4) is 0 Å². The Morgan fingerprint density at radius 3 is 2.86 bits per heavy atom. The molecule has 0 N–H and O–H groups in total. The molecule has 0 aliphatic carbocycles. The van der Waals surface area contributed by atoms with Crippen molar-refractivity contribution >= 4 is 5.78 Å². The van der Waals surface area contributed by atoms with Crippen molar-refractivity contribution in [3.05, 3.63) is 42.0 Å². The molecule has 2 aromatic rings. The average Bonchev–Trinajstić information content (AvgIpc) is 2.65. The lowest BCUT2D eigenvalue weighted by Crippen LogP contribution is -2.08. The zero-order valence-electron chi connectivity index (χ0n) is 7.58. The van der Waals surface area contributed by atoms with E-state index in [-0.39, 0.29) is 5.78 Å². The number of nitrogens with zero attached hydrogens (tertiary/aromatic N) is 4. The third kappa shape index (κ3) is 1.39. The van der Waals surface area contributed by atoms with E-state index in [1.165, 1.54) is 17.1 Å². The van der Waals surface area contributed by atoms with Gasteiger partial charge in [-0.1, -0.05) is 5.21 Å². The van der Waals surface area contributed by atoms with Gasteiger partial charge in [0.05, 0.1) is 6.20 Å². The first-order valence-corrected chi connectivity index (χ1v) is 4.08. The van der Waals surface area contributed by atoms with Crippen LogP contribution in [-0.2, 0) is 7.05 Å². The van der Waals surface area contributed by atoms with Crippen molar-refractivity contribution in [1.82, 2.24) is 20.0 Å². The standard InChI is InChI=1S/C9H8N4O/c1-13-8(6-11-12-13)9(14)7-3-2-4-10-5-7/h2-6H,1H3. The second-order valence-electron chi connectivity index (χ2n) is 2.81. The Kier molecular flexibility index (Phi) is 2.06. The van der Waals surface area contributed by atoms with Crippen LogP contribution in [0.5, 0.6) is 0 Å². The molecule has 70 valence electrons. The van der Waals surface area contributed by atoms with Gasteiger partial charge in [-0.05, 0) is 12.1 Å². The van der Waals surface area contributed by atoms with Gasteiger partial charge in [0.2, 0.25) is 5.78 Å². The maximum atomic E-state index is 11.8. The van der Waals surface area contributed by atoms with Crippen molar-refractivity contribution in [1.29, 1.82) is 0 Å². The Balaban J connectivity index is 2.39. The summed E-state index contributed by atoms with van der Waals surface area (Å²) in [6.07, 6.45) is 4.59. The fraction of sp³-hybridized carbons (Fsp3) is 0.111. The molecular weight excluding hydrogens is 180 g/mol. The summed E-state index contributed by atoms with van der Waals surface area (Å²) < 4.78 is 1.44. The minimum atomic E-state index is -0.120. The van der Waals surface area contributed by atoms with Gasteiger partial charge in [-0.25, -0.2) is 4.68 Å². The van der Waals surface area contributed by atoms with Crippen LogP contribution in [0.3, 0.4) is 0 Å². The summed E-state index contributed by atoms with van der Waals surface area (Å²) in [4.78, 5) is 15.7. The molecular formula is C9H8N4O. The summed E-state index contributed by atoms with van der Waals surface area (Å²) in [7, 11) is 1.68. The first-order chi connectivity index (χ1) is 6.79. The highest BCUT2D eigenvalue weighted by molar-refractivity contribution is 6.07. The van der Waals surface area contributed by atoms with Gasteiger partial charge < -0.3 is 0 Å². The van der Waals surface area contributed by atoms with Crippen molar-refractivity contribution in [3.63, 3.8) is 0 Å². The van der Waals surface area contributed by atoms with E-state index in [0.717, 1.165) is 0 Å². The predicted molar refractivity (Wildman–Crippen MR) is 48.7 cm³/mol. The number of ketones is 1. The van der Waals surface area contributed by atoms with Crippen molar-refractivity contribution in [2.45, 2.75) is 0 Å². The first kappa shape index (κ1) is 8.55. The smallest absolute Gasteiger partial charge is 0.214 e. The van der Waals surface area contributed by atoms with Crippen molar-refractivity contribution < 1.29 is 4.79 Å². The molecule has 2 heterocycles. The van der Waals surface area contributed by atoms with Crippen LogP contribution in [0.25, 0.3) is 0 Å². The second kappa shape index (κ2) is 3.37. The number of hydrogen-bond donors (Lipinski definition) is 0. The quantitative estimate of drug-likeness (QED) is 0.641. The fourth-order valence-electron chi connectivity index (χ4n) is 1.14. The summed E-state index contributed by atoms with van der Waals surface area (Å²) >= 11 is 0. The number of rotatable bonds is 2. The molecule has 14 heavy (non-hydrogen) atoms. The first-order valence-electron chi connectivity index (χ1n) is 4.08. The van der Waals surface area contributed by atoms with Crippen molar-refractivity contribution in [2.24, 2.45) is 7.05 Å². The molecule has 0 saturated heterocycles. The molecule has 0 unspecified atom stereocenters. The topological polar surface area (TPSA) is 60.7 Å². The molecule has 0 radical (unpaired) electrons. The Morgan fingerprint density at radius 2 is 2.29 bits per heavy atom. The summed E-state index contributed by atoms with van der Waals surface area (Å²) in [6.45, 7) is 0. The number of hydrogen-bond acceptors (Lipinski definition) is 4. The van der Waals surface area contributed by atoms with E-state index in [1.54, 1.807) is 25.4 Å². The minimum Gasteiger partial charge on any atom is -0.287 e. The van der Waals surface area contributed by atoms with Crippen LogP contribution >= 0.6 is 0 Å². The summed E-state index contributed by atoms with van der Waals surface area (Å²) in [5.74, 6) is -0.120. The normalized spacial score (nSPS) is 10.1. The lowest BCUT2D eigenvalue weighted by atomic mass is 10.1. The Morgan fingerprint density at radius 1 is 1.43 bits per heavy atom. The van der Waals surface area contributed by atoms with E-state index in [2.05, 4.69) is 15.3 Å². The zero-order valence-corrected chi connectivity index (χ0v) is 7.58. The molecule has 5 nitrogen and oxygen atoms in total. The van der Waals surface area contributed by atoms with Gasteiger partial charge in [-0.3, -0.25) is 9.78 Å². The van der Waals surface area contributed by atoms with Crippen LogP contribution in [0.2, 0.25) is 0 Å². The van der Waals surface area contributed by atoms with Crippen LogP contribution in [-0.4, -0.2) is 25.8 Å². The van der Waals surface area contributed by atoms with E-state index in [1.807, 2.05) is 0 Å². The molecule has 0 aromatic carbocycles. The van der Waals surface area contributed by atoms with E-state index >= 15 is 0 Å². The molecule has 0 spiro atoms. The number of aromatic nitrogens is 4. The van der Waals surface area contributed by atoms with Crippen LogP contribution in [0, 0.1) is 0 Å². The summed E-state index contributed by atoms with van der Waals surface area (Å²) in [5.41, 5.74) is 0.996. The van der Waals surface area contributed by atoms with E-state index < -0.39 is 0 Å². The maximum Gasteiger partial charge on any atom is 0.214 e. The molecule has 0 saturated carbocycles. The third-order valence-corrected chi connectivity index (χ3v) is 1.87. The SMILES string of the molecule is Cn1nncc1C(=O)c1cccnc1. The van der Waals surface area contributed by atoms with Gasteiger partial charge >= 0.3 is 0 Å². The molecule has 2 aromatic heterocycles. The molecule has 0 bridgehead atoms. The number of carbonyl (C=O) groups excluding carboxylic acids is 1. The van der Waals surface area contributed by atoms with Crippen LogP contribution in [0.15, 0.2) is 30.7 Å². The Hall–Kier alpha value is -2.04.